The normalized spacial score (nSPS) is 11.2. The maximum absolute atomic E-state index is 13.0. The number of nitrogens with one attached hydrogen (secondary N) is 2. The molecule has 166 valence electrons. The van der Waals surface area contributed by atoms with E-state index in [9.17, 15) is 14.4 Å². The number of hydrogen-bond acceptors (Lipinski definition) is 7. The Morgan fingerprint density at radius 1 is 1.35 bits per heavy atom. The van der Waals surface area contributed by atoms with Crippen LogP contribution in [0.3, 0.4) is 0 Å². The number of ether oxygens (including phenoxy) is 1. The molecule has 0 saturated carbocycles. The Labute approximate surface area is 186 Å². The van der Waals surface area contributed by atoms with E-state index in [0.29, 0.717) is 23.1 Å². The molecule has 0 bridgehead atoms. The highest BCUT2D eigenvalue weighted by Gasteiger charge is 2.24. The lowest BCUT2D eigenvalue weighted by Gasteiger charge is -2.24. The van der Waals surface area contributed by atoms with Crippen molar-refractivity contribution in [1.29, 1.82) is 0 Å². The van der Waals surface area contributed by atoms with Gasteiger partial charge in [0.2, 0.25) is 5.91 Å². The maximum Gasteiger partial charge on any atom is 0.330 e. The molecule has 0 unspecified atom stereocenters. The number of carbonyl (C=O) groups is 1. The Morgan fingerprint density at radius 3 is 2.84 bits per heavy atom. The molecule has 0 fully saturated rings. The quantitative estimate of drug-likeness (QED) is 0.409. The van der Waals surface area contributed by atoms with Crippen molar-refractivity contribution < 1.29 is 9.53 Å². The second-order valence-electron chi connectivity index (χ2n) is 6.68. The minimum absolute atomic E-state index is 0.0109. The van der Waals surface area contributed by atoms with E-state index in [4.69, 9.17) is 22.1 Å². The molecule has 2 aromatic heterocycles. The van der Waals surface area contributed by atoms with Gasteiger partial charge in [0.05, 0.1) is 23.4 Å². The van der Waals surface area contributed by atoms with Crippen molar-refractivity contribution in [2.24, 2.45) is 0 Å². The highest BCUT2D eigenvalue weighted by atomic mass is 35.5. The number of hydrogen-bond donors (Lipinski definition) is 3. The highest BCUT2D eigenvalue weighted by molar-refractivity contribution is 7.99. The van der Waals surface area contributed by atoms with E-state index in [1.54, 1.807) is 18.2 Å². The molecule has 4 N–H and O–H groups in total. The summed E-state index contributed by atoms with van der Waals surface area (Å²) in [5.41, 5.74) is 6.21. The Bertz CT molecular complexity index is 1200. The monoisotopic (exact) mass is 466 g/mol. The standard InChI is InChI=1S/C19H23ClN6O4S/c1-3-6-26-16(21)15(17(28)24-19(26)29)25(7-8-30-2)14(27)10-31-18-22-12-5-4-11(20)9-13(12)23-18/h4-5,9H,3,6-8,10,21H2,1-2H3,(H,22,23)(H,24,28,29). The van der Waals surface area contributed by atoms with Crippen LogP contribution in [0.25, 0.3) is 11.0 Å². The second-order valence-corrected chi connectivity index (χ2v) is 8.08. The molecule has 1 aromatic carbocycles. The van der Waals surface area contributed by atoms with Crippen LogP contribution < -0.4 is 21.9 Å². The summed E-state index contributed by atoms with van der Waals surface area (Å²) in [5.74, 6) is -0.439. The third kappa shape index (κ3) is 5.12. The molecule has 0 aliphatic rings. The van der Waals surface area contributed by atoms with Crippen LogP contribution in [-0.4, -0.2) is 51.4 Å². The zero-order valence-electron chi connectivity index (χ0n) is 17.1. The van der Waals surface area contributed by atoms with E-state index in [-0.39, 0.29) is 36.3 Å². The number of H-pyrrole nitrogens is 2. The Hall–Kier alpha value is -2.76. The third-order valence-electron chi connectivity index (χ3n) is 4.51. The van der Waals surface area contributed by atoms with Gasteiger partial charge in [-0.05, 0) is 24.6 Å². The number of halogens is 1. The average molecular weight is 467 g/mol. The van der Waals surface area contributed by atoms with E-state index in [0.717, 1.165) is 11.0 Å². The summed E-state index contributed by atoms with van der Waals surface area (Å²) in [6.07, 6.45) is 0.632. The maximum atomic E-state index is 13.0. The lowest BCUT2D eigenvalue weighted by atomic mass is 10.3. The number of nitrogen functional groups attached to an aromatic ring is 1. The van der Waals surface area contributed by atoms with Crippen molar-refractivity contribution in [3.63, 3.8) is 0 Å². The van der Waals surface area contributed by atoms with Crippen molar-refractivity contribution in [2.45, 2.75) is 25.0 Å². The summed E-state index contributed by atoms with van der Waals surface area (Å²) in [6, 6.07) is 5.26. The summed E-state index contributed by atoms with van der Waals surface area (Å²) in [4.78, 5) is 48.7. The number of aromatic nitrogens is 4. The lowest BCUT2D eigenvalue weighted by molar-refractivity contribution is -0.116. The summed E-state index contributed by atoms with van der Waals surface area (Å²) in [5, 5.41) is 1.11. The summed E-state index contributed by atoms with van der Waals surface area (Å²) in [6.45, 7) is 2.48. The van der Waals surface area contributed by atoms with E-state index in [1.165, 1.54) is 28.3 Å². The zero-order valence-corrected chi connectivity index (χ0v) is 18.7. The fraction of sp³-hybridized carbons (Fsp3) is 0.368. The second kappa shape index (κ2) is 10.0. The molecule has 12 heteroatoms. The van der Waals surface area contributed by atoms with E-state index >= 15 is 0 Å². The van der Waals surface area contributed by atoms with Crippen molar-refractivity contribution in [2.75, 3.05) is 36.6 Å². The molecule has 2 heterocycles. The van der Waals surface area contributed by atoms with Gasteiger partial charge >= 0.3 is 5.69 Å². The van der Waals surface area contributed by atoms with Crippen LogP contribution in [0, 0.1) is 0 Å². The predicted molar refractivity (Wildman–Crippen MR) is 122 cm³/mol. The fourth-order valence-corrected chi connectivity index (χ4v) is 4.00. The molecule has 31 heavy (non-hydrogen) atoms. The van der Waals surface area contributed by atoms with Crippen molar-refractivity contribution in [3.05, 3.63) is 44.1 Å². The smallest absolute Gasteiger partial charge is 0.330 e. The highest BCUT2D eigenvalue weighted by Crippen LogP contribution is 2.24. The number of anilines is 2. The van der Waals surface area contributed by atoms with Gasteiger partial charge in [0.25, 0.3) is 5.56 Å². The third-order valence-corrected chi connectivity index (χ3v) is 5.60. The fourth-order valence-electron chi connectivity index (χ4n) is 3.06. The van der Waals surface area contributed by atoms with E-state index < -0.39 is 11.2 Å². The minimum atomic E-state index is -0.720. The number of rotatable bonds is 9. The van der Waals surface area contributed by atoms with Crippen LogP contribution in [0.2, 0.25) is 5.02 Å². The summed E-state index contributed by atoms with van der Waals surface area (Å²) in [7, 11) is 1.49. The van der Waals surface area contributed by atoms with Crippen LogP contribution in [0.1, 0.15) is 13.3 Å². The van der Waals surface area contributed by atoms with E-state index in [2.05, 4.69) is 15.0 Å². The first-order chi connectivity index (χ1) is 14.8. The van der Waals surface area contributed by atoms with Crippen LogP contribution in [0.5, 0.6) is 0 Å². The van der Waals surface area contributed by atoms with Crippen LogP contribution in [0.4, 0.5) is 11.5 Å². The van der Waals surface area contributed by atoms with Crippen molar-refractivity contribution in [3.8, 4) is 0 Å². The number of nitrogens with zero attached hydrogens (tertiary/aromatic N) is 3. The molecule has 0 aliphatic carbocycles. The number of fused-ring (bicyclic) bond motifs is 1. The largest absolute Gasteiger partial charge is 0.383 e. The zero-order chi connectivity index (χ0) is 22.5. The van der Waals surface area contributed by atoms with Gasteiger partial charge < -0.3 is 20.4 Å². The molecule has 10 nitrogen and oxygen atoms in total. The first-order valence-electron chi connectivity index (χ1n) is 9.55. The van der Waals surface area contributed by atoms with Gasteiger partial charge in [0.15, 0.2) is 10.8 Å². The molecule has 0 spiro atoms. The van der Waals surface area contributed by atoms with Gasteiger partial charge in [-0.3, -0.25) is 19.1 Å². The summed E-state index contributed by atoms with van der Waals surface area (Å²) >= 11 is 7.18. The number of methoxy groups -OCH3 is 1. The Morgan fingerprint density at radius 2 is 2.13 bits per heavy atom. The molecular weight excluding hydrogens is 444 g/mol. The number of imidazole rings is 1. The van der Waals surface area contributed by atoms with Crippen molar-refractivity contribution in [1.82, 2.24) is 19.5 Å². The predicted octanol–water partition coefficient (Wildman–Crippen LogP) is 1.83. The SMILES string of the molecule is CCCn1c(N)c(N(CCOC)C(=O)CSc2nc3ccc(Cl)cc3[nH]2)c(=O)[nH]c1=O. The Kier molecular flexibility index (Phi) is 7.42. The van der Waals surface area contributed by atoms with Gasteiger partial charge in [-0.2, -0.15) is 0 Å². The molecule has 3 aromatic rings. The van der Waals surface area contributed by atoms with E-state index in [1.807, 2.05) is 6.92 Å². The number of aromatic amines is 2. The van der Waals surface area contributed by atoms with Gasteiger partial charge in [-0.25, -0.2) is 9.78 Å². The molecule has 3 rings (SSSR count). The molecule has 0 aliphatic heterocycles. The van der Waals surface area contributed by atoms with Crippen LogP contribution in [-0.2, 0) is 16.1 Å². The first-order valence-corrected chi connectivity index (χ1v) is 10.9. The van der Waals surface area contributed by atoms with Gasteiger partial charge in [-0.1, -0.05) is 30.3 Å². The minimum Gasteiger partial charge on any atom is -0.383 e. The van der Waals surface area contributed by atoms with Crippen LogP contribution in [0.15, 0.2) is 32.9 Å². The lowest BCUT2D eigenvalue weighted by Crippen LogP contribution is -2.43. The van der Waals surface area contributed by atoms with Crippen LogP contribution >= 0.6 is 23.4 Å². The molecule has 1 amide bonds. The van der Waals surface area contributed by atoms with Crippen molar-refractivity contribution >= 4 is 51.8 Å². The molecule has 0 saturated heterocycles. The number of amides is 1. The Balaban J connectivity index is 1.88. The molecule has 0 radical (unpaired) electrons. The topological polar surface area (TPSA) is 139 Å². The number of benzene rings is 1. The number of carbonyl (C=O) groups excluding carboxylic acids is 1. The summed E-state index contributed by atoms with van der Waals surface area (Å²) < 4.78 is 6.34. The van der Waals surface area contributed by atoms with Gasteiger partial charge in [0.1, 0.15) is 5.82 Å². The average Bonchev–Trinajstić information content (AvgIpc) is 3.13. The van der Waals surface area contributed by atoms with Gasteiger partial charge in [-0.15, -0.1) is 0 Å². The van der Waals surface area contributed by atoms with Gasteiger partial charge in [0, 0.05) is 25.2 Å². The number of nitrogens with two attached hydrogens (primary N) is 1. The molecular formula is C19H23ClN6O4S. The first kappa shape index (κ1) is 22.9. The molecule has 0 atom stereocenters. The number of thioether (sulfide) groups is 1.